The Labute approximate surface area is 358 Å². The van der Waals surface area contributed by atoms with Gasteiger partial charge >= 0.3 is 6.85 Å². The highest BCUT2D eigenvalue weighted by Gasteiger charge is 2.47. The Hall–Kier alpha value is -6.46. The Balaban J connectivity index is 1.29. The predicted molar refractivity (Wildman–Crippen MR) is 260 cm³/mol. The SMILES string of the molecule is CC(C)(C)c1ccc(N2c3cc(C(C)(C)C)cc4c3B(c3oc5ccc(C(C)(C)C)cc5c32)n2c3ccccc3c3c5c6ccccc6n(-c6ccccc6)c5cc-4c32)cc1. The molecule has 12 rings (SSSR count). The molecule has 0 bridgehead atoms. The molecule has 3 aromatic heterocycles. The maximum atomic E-state index is 7.35. The van der Waals surface area contributed by atoms with Crippen molar-refractivity contribution in [2.24, 2.45) is 0 Å². The van der Waals surface area contributed by atoms with Gasteiger partial charge in [-0.15, -0.1) is 0 Å². The summed E-state index contributed by atoms with van der Waals surface area (Å²) >= 11 is 0. The summed E-state index contributed by atoms with van der Waals surface area (Å²) < 4.78 is 12.5. The highest BCUT2D eigenvalue weighted by Crippen LogP contribution is 2.52. The van der Waals surface area contributed by atoms with Gasteiger partial charge in [-0.25, -0.2) is 0 Å². The van der Waals surface area contributed by atoms with Crippen LogP contribution in [-0.2, 0) is 16.2 Å². The van der Waals surface area contributed by atoms with E-state index in [1.54, 1.807) is 0 Å². The molecule has 4 nitrogen and oxygen atoms in total. The van der Waals surface area contributed by atoms with Gasteiger partial charge in [0.15, 0.2) is 0 Å². The first-order valence-electron chi connectivity index (χ1n) is 21.9. The van der Waals surface area contributed by atoms with Crippen LogP contribution in [0.25, 0.3) is 71.4 Å². The molecule has 2 aliphatic heterocycles. The maximum absolute atomic E-state index is 7.35. The third-order valence-corrected chi connectivity index (χ3v) is 13.7. The van der Waals surface area contributed by atoms with Crippen LogP contribution in [0.15, 0.2) is 144 Å². The van der Waals surface area contributed by atoms with Crippen molar-refractivity contribution in [1.82, 2.24) is 9.05 Å². The first-order chi connectivity index (χ1) is 29.2. The van der Waals surface area contributed by atoms with E-state index in [1.165, 1.54) is 82.6 Å². The van der Waals surface area contributed by atoms with E-state index in [0.29, 0.717) is 0 Å². The molecule has 0 spiro atoms. The minimum Gasteiger partial charge on any atom is -0.466 e. The van der Waals surface area contributed by atoms with E-state index >= 15 is 0 Å². The molecule has 5 heteroatoms. The first kappa shape index (κ1) is 36.4. The van der Waals surface area contributed by atoms with Crippen molar-refractivity contribution in [3.8, 4) is 16.8 Å². The Bertz CT molecular complexity index is 3470. The Morgan fingerprint density at radius 2 is 1.10 bits per heavy atom. The summed E-state index contributed by atoms with van der Waals surface area (Å²) in [5, 5.41) is 6.27. The lowest BCUT2D eigenvalue weighted by atomic mass is 9.47. The third kappa shape index (κ3) is 5.01. The van der Waals surface area contributed by atoms with E-state index in [0.717, 1.165) is 33.7 Å². The first-order valence-corrected chi connectivity index (χ1v) is 21.9. The van der Waals surface area contributed by atoms with Gasteiger partial charge in [-0.1, -0.05) is 141 Å². The van der Waals surface area contributed by atoms with Gasteiger partial charge in [-0.3, -0.25) is 0 Å². The van der Waals surface area contributed by atoms with Crippen LogP contribution in [0, 0.1) is 0 Å². The van der Waals surface area contributed by atoms with Crippen LogP contribution >= 0.6 is 0 Å². The van der Waals surface area contributed by atoms with Crippen LogP contribution in [-0.4, -0.2) is 15.9 Å². The molecule has 0 atom stereocenters. The Kier molecular flexibility index (Phi) is 7.22. The second-order valence-corrected chi connectivity index (χ2v) is 20.6. The fourth-order valence-corrected chi connectivity index (χ4v) is 10.6. The summed E-state index contributed by atoms with van der Waals surface area (Å²) in [5.41, 5.74) is 19.1. The summed E-state index contributed by atoms with van der Waals surface area (Å²) in [6.07, 6.45) is 0. The molecule has 10 aromatic rings. The van der Waals surface area contributed by atoms with Gasteiger partial charge < -0.3 is 18.4 Å². The fourth-order valence-electron chi connectivity index (χ4n) is 10.6. The van der Waals surface area contributed by atoms with Crippen LogP contribution in [0.2, 0.25) is 0 Å². The third-order valence-electron chi connectivity index (χ3n) is 13.7. The second kappa shape index (κ2) is 12.1. The van der Waals surface area contributed by atoms with E-state index < -0.39 is 0 Å². The van der Waals surface area contributed by atoms with Gasteiger partial charge in [0.2, 0.25) is 0 Å². The minimum atomic E-state index is -0.195. The van der Waals surface area contributed by atoms with Crippen LogP contribution in [0.3, 0.4) is 0 Å². The monoisotopic (exact) mass is 791 g/mol. The van der Waals surface area contributed by atoms with Crippen molar-refractivity contribution in [3.05, 3.63) is 156 Å². The molecule has 7 aromatic carbocycles. The van der Waals surface area contributed by atoms with E-state index in [-0.39, 0.29) is 23.1 Å². The van der Waals surface area contributed by atoms with Crippen molar-refractivity contribution in [2.75, 3.05) is 4.90 Å². The number of nitrogens with zero attached hydrogens (tertiary/aromatic N) is 3. The standard InChI is InChI=1S/C56H50BN3O/c1-54(2,3)33-23-26-37(27-24-33)59-46-31-35(56(7,8)9)30-40-41-32-45-48(38-19-13-15-21-43(38)58(45)36-17-11-10-12-18-36)49-39-20-14-16-22-44(39)60(51(41)49)57(50(40)46)53-52(59)42-29-34(55(4,5)6)25-28-47(42)61-53/h10-32H,1-9H3. The minimum absolute atomic E-state index is 0.0318. The fraction of sp³-hybridized carbons (Fsp3) is 0.214. The summed E-state index contributed by atoms with van der Waals surface area (Å²) in [6, 6.07) is 52.6. The second-order valence-electron chi connectivity index (χ2n) is 20.6. The molecule has 0 amide bonds. The molecule has 0 saturated carbocycles. The van der Waals surface area contributed by atoms with Gasteiger partial charge in [0, 0.05) is 60.6 Å². The zero-order chi connectivity index (χ0) is 41.9. The van der Waals surface area contributed by atoms with E-state index in [9.17, 15) is 0 Å². The quantitative estimate of drug-likeness (QED) is 0.163. The number of para-hydroxylation sites is 3. The molecule has 0 radical (unpaired) electrons. The van der Waals surface area contributed by atoms with Gasteiger partial charge in [0.25, 0.3) is 0 Å². The normalized spacial score (nSPS) is 13.9. The lowest BCUT2D eigenvalue weighted by Gasteiger charge is -2.39. The smallest absolute Gasteiger partial charge is 0.375 e. The summed E-state index contributed by atoms with van der Waals surface area (Å²) in [7, 11) is 0. The number of benzene rings is 7. The molecule has 0 aliphatic carbocycles. The number of rotatable bonds is 2. The molecule has 0 N–H and O–H groups in total. The zero-order valence-corrected chi connectivity index (χ0v) is 36.6. The van der Waals surface area contributed by atoms with Gasteiger partial charge in [0.05, 0.1) is 16.7 Å². The molecule has 2 aliphatic rings. The van der Waals surface area contributed by atoms with Crippen molar-refractivity contribution >= 4 is 89.6 Å². The van der Waals surface area contributed by atoms with Crippen LogP contribution in [0.4, 0.5) is 17.1 Å². The number of furan rings is 1. The average molecular weight is 792 g/mol. The molecular weight excluding hydrogens is 741 g/mol. The van der Waals surface area contributed by atoms with Crippen molar-refractivity contribution < 1.29 is 4.42 Å². The number of fused-ring (bicyclic) bond motifs is 13. The number of anilines is 3. The van der Waals surface area contributed by atoms with Gasteiger partial charge in [-0.05, 0) is 105 Å². The summed E-state index contributed by atoms with van der Waals surface area (Å²) in [6.45, 7) is 20.6. The number of hydrogen-bond donors (Lipinski definition) is 0. The predicted octanol–water partition coefficient (Wildman–Crippen LogP) is 13.9. The summed E-state index contributed by atoms with van der Waals surface area (Å²) in [5.74, 6) is 0. The van der Waals surface area contributed by atoms with Crippen molar-refractivity contribution in [2.45, 2.75) is 78.6 Å². The highest BCUT2D eigenvalue weighted by atomic mass is 16.3. The van der Waals surface area contributed by atoms with Gasteiger partial charge in [0.1, 0.15) is 11.2 Å². The number of hydrogen-bond acceptors (Lipinski definition) is 2. The van der Waals surface area contributed by atoms with E-state index in [2.05, 4.69) is 216 Å². The lowest BCUT2D eigenvalue weighted by molar-refractivity contribution is 0.590. The van der Waals surface area contributed by atoms with Gasteiger partial charge in [-0.2, -0.15) is 0 Å². The van der Waals surface area contributed by atoms with Crippen molar-refractivity contribution in [1.29, 1.82) is 0 Å². The molecule has 298 valence electrons. The van der Waals surface area contributed by atoms with Crippen LogP contribution in [0.5, 0.6) is 0 Å². The Morgan fingerprint density at radius 1 is 0.475 bits per heavy atom. The maximum Gasteiger partial charge on any atom is 0.375 e. The summed E-state index contributed by atoms with van der Waals surface area (Å²) in [4.78, 5) is 2.54. The zero-order valence-electron chi connectivity index (χ0n) is 36.6. The largest absolute Gasteiger partial charge is 0.466 e. The molecule has 61 heavy (non-hydrogen) atoms. The van der Waals surface area contributed by atoms with E-state index in [4.69, 9.17) is 4.42 Å². The number of aromatic nitrogens is 2. The van der Waals surface area contributed by atoms with Crippen molar-refractivity contribution in [3.63, 3.8) is 0 Å². The van der Waals surface area contributed by atoms with E-state index in [1.807, 2.05) is 0 Å². The molecule has 0 saturated heterocycles. The molecule has 0 unspecified atom stereocenters. The van der Waals surface area contributed by atoms with Crippen LogP contribution < -0.4 is 16.0 Å². The van der Waals surface area contributed by atoms with Crippen LogP contribution in [0.1, 0.15) is 79.0 Å². The molecule has 5 heterocycles. The Morgan fingerprint density at radius 3 is 1.79 bits per heavy atom. The lowest BCUT2D eigenvalue weighted by Crippen LogP contribution is -2.56. The highest BCUT2D eigenvalue weighted by molar-refractivity contribution is 6.89. The molecular formula is C56H50BN3O. The average Bonchev–Trinajstić information content (AvgIpc) is 3.89. The molecule has 0 fully saturated rings. The topological polar surface area (TPSA) is 26.2 Å².